The van der Waals surface area contributed by atoms with Crippen LogP contribution >= 0.6 is 0 Å². The number of aliphatic carboxylic acids is 1. The van der Waals surface area contributed by atoms with Crippen LogP contribution in [-0.2, 0) is 11.3 Å². The monoisotopic (exact) mass is 180 g/mol. The highest BCUT2D eigenvalue weighted by atomic mass is 16.4. The van der Waals surface area contributed by atoms with Crippen molar-refractivity contribution in [3.63, 3.8) is 0 Å². The molecule has 1 heterocycles. The first-order chi connectivity index (χ1) is 6.09. The van der Waals surface area contributed by atoms with Crippen LogP contribution in [0.15, 0.2) is 24.0 Å². The lowest BCUT2D eigenvalue weighted by atomic mass is 10.3. The largest absolute Gasteiger partial charge is 0.478 e. The summed E-state index contributed by atoms with van der Waals surface area (Å²) in [6.45, 7) is 4.02. The molecule has 0 saturated carbocycles. The molecule has 0 aliphatic heterocycles. The molecular formula is C9H12N2O2. The van der Waals surface area contributed by atoms with Crippen LogP contribution in [0.1, 0.15) is 12.5 Å². The number of allylic oxidation sites excluding steroid dienone is 1. The summed E-state index contributed by atoms with van der Waals surface area (Å²) in [5.41, 5.74) is 1.41. The van der Waals surface area contributed by atoms with E-state index in [-0.39, 0.29) is 0 Å². The predicted molar refractivity (Wildman–Crippen MR) is 48.4 cm³/mol. The molecule has 0 bridgehead atoms. The van der Waals surface area contributed by atoms with Gasteiger partial charge in [-0.25, -0.2) is 4.79 Å². The molecule has 0 amide bonds. The number of aromatic nitrogens is 2. The van der Waals surface area contributed by atoms with E-state index in [1.165, 1.54) is 0 Å². The Balaban J connectivity index is 2.61. The highest BCUT2D eigenvalue weighted by Crippen LogP contribution is 1.97. The van der Waals surface area contributed by atoms with Crippen molar-refractivity contribution < 1.29 is 9.90 Å². The topological polar surface area (TPSA) is 55.1 Å². The average Bonchev–Trinajstić information content (AvgIpc) is 2.47. The number of carbonyl (C=O) groups is 1. The summed E-state index contributed by atoms with van der Waals surface area (Å²) in [5, 5.41) is 12.6. The zero-order valence-electron chi connectivity index (χ0n) is 7.69. The van der Waals surface area contributed by atoms with Crippen LogP contribution in [0.3, 0.4) is 0 Å². The predicted octanol–water partition coefficient (Wildman–Crippen LogP) is 1.22. The highest BCUT2D eigenvalue weighted by molar-refractivity contribution is 5.85. The minimum absolute atomic E-state index is 0.341. The van der Waals surface area contributed by atoms with E-state index >= 15 is 0 Å². The summed E-state index contributed by atoms with van der Waals surface area (Å²) >= 11 is 0. The van der Waals surface area contributed by atoms with E-state index in [1.807, 2.05) is 13.1 Å². The fourth-order valence-electron chi connectivity index (χ4n) is 0.885. The zero-order chi connectivity index (χ0) is 9.84. The summed E-state index contributed by atoms with van der Waals surface area (Å²) < 4.78 is 1.70. The molecule has 0 atom stereocenters. The maximum absolute atomic E-state index is 10.4. The van der Waals surface area contributed by atoms with E-state index in [0.717, 1.165) is 5.56 Å². The van der Waals surface area contributed by atoms with Crippen molar-refractivity contribution in [2.45, 2.75) is 20.4 Å². The molecule has 1 aromatic heterocycles. The average molecular weight is 180 g/mol. The van der Waals surface area contributed by atoms with Gasteiger partial charge in [0.25, 0.3) is 0 Å². The molecule has 0 spiro atoms. The van der Waals surface area contributed by atoms with Crippen molar-refractivity contribution in [3.8, 4) is 0 Å². The summed E-state index contributed by atoms with van der Waals surface area (Å²) in [4.78, 5) is 10.4. The number of hydrogen-bond acceptors (Lipinski definition) is 2. The number of carboxylic acids is 1. The SMILES string of the molecule is CC(=CCn1cc(C)cn1)C(=O)O. The number of carboxylic acid groups (broad SMARTS) is 1. The van der Waals surface area contributed by atoms with E-state index in [1.54, 1.807) is 23.9 Å². The summed E-state index contributed by atoms with van der Waals surface area (Å²) in [6, 6.07) is 0. The molecule has 0 aliphatic rings. The second-order valence-electron chi connectivity index (χ2n) is 2.93. The van der Waals surface area contributed by atoms with Crippen LogP contribution in [0.25, 0.3) is 0 Å². The molecule has 0 unspecified atom stereocenters. The summed E-state index contributed by atoms with van der Waals surface area (Å²) in [7, 11) is 0. The molecule has 0 aliphatic carbocycles. The Morgan fingerprint density at radius 2 is 2.46 bits per heavy atom. The molecule has 13 heavy (non-hydrogen) atoms. The fraction of sp³-hybridized carbons (Fsp3) is 0.333. The Bertz CT molecular complexity index is 339. The lowest BCUT2D eigenvalue weighted by molar-refractivity contribution is -0.132. The molecule has 0 saturated heterocycles. The third kappa shape index (κ3) is 2.74. The molecule has 1 aromatic rings. The number of nitrogens with zero attached hydrogens (tertiary/aromatic N) is 2. The van der Waals surface area contributed by atoms with Crippen LogP contribution in [0.5, 0.6) is 0 Å². The van der Waals surface area contributed by atoms with Gasteiger partial charge in [-0.2, -0.15) is 5.10 Å². The van der Waals surface area contributed by atoms with Crippen molar-refractivity contribution in [2.24, 2.45) is 0 Å². The highest BCUT2D eigenvalue weighted by Gasteiger charge is 1.98. The van der Waals surface area contributed by atoms with Gasteiger partial charge in [-0.3, -0.25) is 4.68 Å². The minimum Gasteiger partial charge on any atom is -0.478 e. The fourth-order valence-corrected chi connectivity index (χ4v) is 0.885. The number of rotatable bonds is 3. The van der Waals surface area contributed by atoms with Gasteiger partial charge >= 0.3 is 5.97 Å². The first-order valence-corrected chi connectivity index (χ1v) is 3.98. The van der Waals surface area contributed by atoms with Crippen molar-refractivity contribution in [1.29, 1.82) is 0 Å². The van der Waals surface area contributed by atoms with Gasteiger partial charge in [-0.15, -0.1) is 0 Å². The van der Waals surface area contributed by atoms with Gasteiger partial charge in [0.05, 0.1) is 12.7 Å². The van der Waals surface area contributed by atoms with Gasteiger partial charge in [-0.1, -0.05) is 6.08 Å². The van der Waals surface area contributed by atoms with E-state index in [4.69, 9.17) is 5.11 Å². The second-order valence-corrected chi connectivity index (χ2v) is 2.93. The van der Waals surface area contributed by atoms with Crippen LogP contribution in [0.2, 0.25) is 0 Å². The van der Waals surface area contributed by atoms with Gasteiger partial charge in [-0.05, 0) is 19.4 Å². The van der Waals surface area contributed by atoms with Crippen molar-refractivity contribution in [2.75, 3.05) is 0 Å². The molecule has 0 aromatic carbocycles. The Kier molecular flexibility index (Phi) is 2.84. The molecule has 1 N–H and O–H groups in total. The number of aryl methyl sites for hydroxylation is 1. The van der Waals surface area contributed by atoms with Crippen LogP contribution in [-0.4, -0.2) is 20.9 Å². The van der Waals surface area contributed by atoms with Crippen molar-refractivity contribution in [3.05, 3.63) is 29.6 Å². The molecule has 70 valence electrons. The summed E-state index contributed by atoms with van der Waals surface area (Å²) in [5.74, 6) is -0.885. The standard InChI is InChI=1S/C9H12N2O2/c1-7-5-10-11(6-7)4-3-8(2)9(12)13/h3,5-6H,4H2,1-2H3,(H,12,13). The number of hydrogen-bond donors (Lipinski definition) is 1. The van der Waals surface area contributed by atoms with Gasteiger partial charge in [0, 0.05) is 11.8 Å². The Morgan fingerprint density at radius 1 is 1.77 bits per heavy atom. The smallest absolute Gasteiger partial charge is 0.331 e. The van der Waals surface area contributed by atoms with Crippen molar-refractivity contribution >= 4 is 5.97 Å². The lowest BCUT2D eigenvalue weighted by Gasteiger charge is -1.95. The minimum atomic E-state index is -0.885. The normalized spacial score (nSPS) is 11.7. The molecule has 0 radical (unpaired) electrons. The van der Waals surface area contributed by atoms with Crippen LogP contribution in [0, 0.1) is 6.92 Å². The maximum atomic E-state index is 10.4. The maximum Gasteiger partial charge on any atom is 0.331 e. The van der Waals surface area contributed by atoms with Gasteiger partial charge in [0.15, 0.2) is 0 Å². The van der Waals surface area contributed by atoms with Crippen molar-refractivity contribution in [1.82, 2.24) is 9.78 Å². The Morgan fingerprint density at radius 3 is 2.92 bits per heavy atom. The summed E-state index contributed by atoms with van der Waals surface area (Å²) in [6.07, 6.45) is 5.24. The van der Waals surface area contributed by atoms with E-state index in [2.05, 4.69) is 5.10 Å². The molecule has 1 rings (SSSR count). The van der Waals surface area contributed by atoms with Gasteiger partial charge in [0.2, 0.25) is 0 Å². The lowest BCUT2D eigenvalue weighted by Crippen LogP contribution is -2.00. The molecule has 0 fully saturated rings. The van der Waals surface area contributed by atoms with Gasteiger partial charge in [0.1, 0.15) is 0 Å². The first-order valence-electron chi connectivity index (χ1n) is 3.98. The van der Waals surface area contributed by atoms with E-state index in [0.29, 0.717) is 12.1 Å². The molecular weight excluding hydrogens is 168 g/mol. The first kappa shape index (κ1) is 9.51. The van der Waals surface area contributed by atoms with Gasteiger partial charge < -0.3 is 5.11 Å². The quantitative estimate of drug-likeness (QED) is 0.711. The van der Waals surface area contributed by atoms with Crippen LogP contribution < -0.4 is 0 Å². The molecule has 4 heteroatoms. The third-order valence-corrected chi connectivity index (χ3v) is 1.68. The second kappa shape index (κ2) is 3.89. The van der Waals surface area contributed by atoms with Crippen LogP contribution in [0.4, 0.5) is 0 Å². The zero-order valence-corrected chi connectivity index (χ0v) is 7.69. The van der Waals surface area contributed by atoms with E-state index < -0.39 is 5.97 Å². The van der Waals surface area contributed by atoms with E-state index in [9.17, 15) is 4.79 Å². The molecule has 4 nitrogen and oxygen atoms in total. The Labute approximate surface area is 76.5 Å². The third-order valence-electron chi connectivity index (χ3n) is 1.68. The Hall–Kier alpha value is -1.58.